The number of carbonyl (C=O) groups excluding carboxylic acids is 1. The van der Waals surface area contributed by atoms with Crippen molar-refractivity contribution in [1.82, 2.24) is 4.98 Å². The number of hydrogen-bond acceptors (Lipinski definition) is 5. The summed E-state index contributed by atoms with van der Waals surface area (Å²) in [5, 5.41) is 15.0. The molecule has 4 rings (SSSR count). The van der Waals surface area contributed by atoms with Crippen LogP contribution in [0.4, 0.5) is 0 Å². The number of aliphatic hydroxyl groups excluding tert-OH is 1. The van der Waals surface area contributed by atoms with Crippen LogP contribution in [0.1, 0.15) is 21.5 Å². The van der Waals surface area contributed by atoms with Gasteiger partial charge in [-0.2, -0.15) is 17.7 Å². The number of aliphatic hydroxyl groups is 1. The van der Waals surface area contributed by atoms with Crippen LogP contribution in [0.2, 0.25) is 0 Å². The number of benzene rings is 3. The molecule has 1 aromatic heterocycles. The van der Waals surface area contributed by atoms with Crippen molar-refractivity contribution in [2.24, 2.45) is 0 Å². The van der Waals surface area contributed by atoms with Gasteiger partial charge in [-0.05, 0) is 11.1 Å². The Morgan fingerprint density at radius 1 is 0.929 bits per heavy atom. The molecule has 1 heterocycles. The molecule has 6 heteroatoms. The van der Waals surface area contributed by atoms with E-state index in [1.54, 1.807) is 47.7 Å². The summed E-state index contributed by atoms with van der Waals surface area (Å²) in [5.41, 5.74) is 5.85. The molecule has 0 unspecified atom stereocenters. The van der Waals surface area contributed by atoms with E-state index < -0.39 is 0 Å². The number of para-hydroxylation sites is 1. The SMILES string of the molecule is O=C(c1ccccc1)c1ccc([CH-]O)cc1.[C-]#N.[Y+3].[c-]1nc2ccccc2s1. The van der Waals surface area contributed by atoms with E-state index in [9.17, 15) is 4.79 Å². The molecule has 0 fully saturated rings. The zero-order valence-corrected chi connectivity index (χ0v) is 18.5. The number of aromatic nitrogens is 1. The van der Waals surface area contributed by atoms with Gasteiger partial charge in [-0.3, -0.25) is 16.1 Å². The van der Waals surface area contributed by atoms with E-state index in [1.165, 1.54) is 4.70 Å². The Morgan fingerprint density at radius 2 is 1.50 bits per heavy atom. The first-order valence-corrected chi connectivity index (χ1v) is 8.71. The summed E-state index contributed by atoms with van der Waals surface area (Å²) < 4.78 is 1.21. The number of rotatable bonds is 3. The maximum atomic E-state index is 12.0. The van der Waals surface area contributed by atoms with Crippen LogP contribution in [0.15, 0.2) is 78.9 Å². The molecule has 0 bridgehead atoms. The molecule has 0 saturated carbocycles. The van der Waals surface area contributed by atoms with E-state index in [-0.39, 0.29) is 38.5 Å². The van der Waals surface area contributed by atoms with Gasteiger partial charge in [0.1, 0.15) is 0 Å². The number of carbonyl (C=O) groups is 1. The number of thiazole rings is 1. The third-order valence-electron chi connectivity index (χ3n) is 3.54. The van der Waals surface area contributed by atoms with Crippen LogP contribution in [0.5, 0.6) is 0 Å². The van der Waals surface area contributed by atoms with Crippen LogP contribution in [0.3, 0.4) is 0 Å². The summed E-state index contributed by atoms with van der Waals surface area (Å²) in [7, 11) is 0. The summed E-state index contributed by atoms with van der Waals surface area (Å²) in [6, 6.07) is 24.0. The number of hydrogen-bond donors (Lipinski definition) is 1. The van der Waals surface area contributed by atoms with E-state index in [1.807, 2.05) is 42.5 Å². The first-order chi connectivity index (χ1) is 13.3. The summed E-state index contributed by atoms with van der Waals surface area (Å²) >= 11 is 1.55. The van der Waals surface area contributed by atoms with Gasteiger partial charge in [-0.1, -0.05) is 54.6 Å². The molecule has 28 heavy (non-hydrogen) atoms. The van der Waals surface area contributed by atoms with Crippen molar-refractivity contribution in [1.29, 1.82) is 5.26 Å². The molecular weight excluding hydrogens is 445 g/mol. The number of fused-ring (bicyclic) bond motifs is 1. The Balaban J connectivity index is 0.000000277. The minimum absolute atomic E-state index is 0. The van der Waals surface area contributed by atoms with Gasteiger partial charge in [0.05, 0.1) is 0 Å². The standard InChI is InChI=1S/C14H11O2.C7H4NS.CN.Y/c15-10-11-6-8-13(9-7-11)14(16)12-4-2-1-3-5-12;1-2-4-7-6(3-1)8-5-9-7;1-2;/h1-10,15H;1-4H;;/q3*-1;+3. The molecule has 0 amide bonds. The Labute approximate surface area is 193 Å². The molecule has 0 aliphatic rings. The summed E-state index contributed by atoms with van der Waals surface area (Å²) in [4.78, 5) is 16.0. The number of nitrogens with zero attached hydrogens (tertiary/aromatic N) is 2. The van der Waals surface area contributed by atoms with Gasteiger partial charge in [-0.15, -0.1) is 29.0 Å². The Hall–Kier alpha value is -2.36. The molecule has 4 nitrogen and oxygen atoms in total. The average molecular weight is 460 g/mol. The van der Waals surface area contributed by atoms with Crippen molar-refractivity contribution in [2.75, 3.05) is 0 Å². The smallest absolute Gasteiger partial charge is 0.512 e. The average Bonchev–Trinajstić information content (AvgIpc) is 3.25. The van der Waals surface area contributed by atoms with E-state index in [0.717, 1.165) is 12.1 Å². The van der Waals surface area contributed by atoms with E-state index in [2.05, 4.69) is 10.5 Å². The molecule has 0 aliphatic heterocycles. The van der Waals surface area contributed by atoms with Crippen LogP contribution in [-0.4, -0.2) is 15.9 Å². The Kier molecular flexibility index (Phi) is 10.9. The maximum Gasteiger partial charge on any atom is 3.00 e. The second-order valence-electron chi connectivity index (χ2n) is 5.22. The van der Waals surface area contributed by atoms with Crippen molar-refractivity contribution in [3.63, 3.8) is 0 Å². The van der Waals surface area contributed by atoms with Gasteiger partial charge in [-0.25, -0.2) is 0 Å². The second-order valence-corrected chi connectivity index (χ2v) is 6.05. The third kappa shape index (κ3) is 6.67. The van der Waals surface area contributed by atoms with E-state index >= 15 is 0 Å². The summed E-state index contributed by atoms with van der Waals surface area (Å²) in [5.74, 6) is -0.00918. The fraction of sp³-hybridized carbons (Fsp3) is 0. The largest absolute Gasteiger partial charge is 3.00 e. The minimum atomic E-state index is -0.00918. The van der Waals surface area contributed by atoms with Crippen molar-refractivity contribution in [3.8, 4) is 0 Å². The minimum Gasteiger partial charge on any atom is -0.512 e. The van der Waals surface area contributed by atoms with Crippen LogP contribution < -0.4 is 0 Å². The van der Waals surface area contributed by atoms with E-state index in [0.29, 0.717) is 16.7 Å². The maximum absolute atomic E-state index is 12.0. The zero-order valence-electron chi connectivity index (χ0n) is 14.8. The molecule has 0 aliphatic carbocycles. The van der Waals surface area contributed by atoms with Crippen molar-refractivity contribution >= 4 is 27.3 Å². The monoisotopic (exact) mass is 460 g/mol. The van der Waals surface area contributed by atoms with Gasteiger partial charge < -0.3 is 21.9 Å². The molecule has 0 spiro atoms. The molecule has 134 valence electrons. The van der Waals surface area contributed by atoms with Crippen LogP contribution >= 0.6 is 11.3 Å². The van der Waals surface area contributed by atoms with Crippen LogP contribution in [-0.2, 0) is 32.7 Å². The van der Waals surface area contributed by atoms with E-state index in [4.69, 9.17) is 16.9 Å². The predicted octanol–water partition coefficient (Wildman–Crippen LogP) is 4.99. The molecule has 0 atom stereocenters. The van der Waals surface area contributed by atoms with Gasteiger partial charge in [0.2, 0.25) is 0 Å². The zero-order chi connectivity index (χ0) is 19.5. The fourth-order valence-electron chi connectivity index (χ4n) is 2.23. The van der Waals surface area contributed by atoms with Crippen molar-refractivity contribution in [2.45, 2.75) is 0 Å². The third-order valence-corrected chi connectivity index (χ3v) is 4.29. The van der Waals surface area contributed by atoms with Gasteiger partial charge in [0.15, 0.2) is 5.78 Å². The van der Waals surface area contributed by atoms with Crippen LogP contribution in [0.25, 0.3) is 10.2 Å². The Morgan fingerprint density at radius 3 is 2.11 bits per heavy atom. The van der Waals surface area contributed by atoms with Gasteiger partial charge in [0, 0.05) is 5.56 Å². The first kappa shape index (κ1) is 23.7. The summed E-state index contributed by atoms with van der Waals surface area (Å²) in [6.07, 6.45) is 0. The number of ketones is 1. The first-order valence-electron chi connectivity index (χ1n) is 7.89. The quantitative estimate of drug-likeness (QED) is 0.345. The molecular formula is C22H15N2O2SY. The van der Waals surface area contributed by atoms with Crippen LogP contribution in [0, 0.1) is 24.0 Å². The van der Waals surface area contributed by atoms with Gasteiger partial charge in [0.25, 0.3) is 0 Å². The molecule has 0 saturated heterocycles. The molecule has 1 N–H and O–H groups in total. The summed E-state index contributed by atoms with van der Waals surface area (Å²) in [6.45, 7) is 5.76. The van der Waals surface area contributed by atoms with Crippen molar-refractivity contribution < 1.29 is 42.6 Å². The fourth-order valence-corrected chi connectivity index (χ4v) is 2.84. The Bertz CT molecular complexity index is 969. The predicted molar refractivity (Wildman–Crippen MR) is 105 cm³/mol. The second kappa shape index (κ2) is 12.9. The van der Waals surface area contributed by atoms with Crippen molar-refractivity contribution in [3.05, 3.63) is 114 Å². The normalized spacial score (nSPS) is 8.96. The van der Waals surface area contributed by atoms with Gasteiger partial charge >= 0.3 is 32.7 Å². The molecule has 3 aromatic carbocycles. The topological polar surface area (TPSA) is 74.0 Å². The molecule has 4 aromatic rings. The molecule has 0 radical (unpaired) electrons.